The van der Waals surface area contributed by atoms with Crippen molar-refractivity contribution in [1.29, 1.82) is 0 Å². The Bertz CT molecular complexity index is 1310. The van der Waals surface area contributed by atoms with Crippen molar-refractivity contribution in [1.82, 2.24) is 19.5 Å². The molecule has 0 aliphatic carbocycles. The van der Waals surface area contributed by atoms with Gasteiger partial charge in [-0.25, -0.2) is 18.7 Å². The van der Waals surface area contributed by atoms with Crippen molar-refractivity contribution in [2.45, 2.75) is 30.5 Å². The lowest BCUT2D eigenvalue weighted by Gasteiger charge is -2.35. The van der Waals surface area contributed by atoms with Gasteiger partial charge in [-0.15, -0.1) is 0 Å². The minimum atomic E-state index is -5.72. The molecule has 0 saturated carbocycles. The van der Waals surface area contributed by atoms with E-state index in [1.54, 1.807) is 0 Å². The number of ether oxygens (including phenoxy) is 2. The summed E-state index contributed by atoms with van der Waals surface area (Å²) >= 11 is 0. The molecule has 34 heavy (non-hydrogen) atoms. The van der Waals surface area contributed by atoms with Crippen molar-refractivity contribution < 1.29 is 61.0 Å². The second-order valence-corrected chi connectivity index (χ2v) is 11.7. The van der Waals surface area contributed by atoms with Crippen LogP contribution in [0, 0.1) is 0 Å². The molecule has 2 fully saturated rings. The van der Waals surface area contributed by atoms with Crippen molar-refractivity contribution in [3.63, 3.8) is 0 Å². The monoisotopic (exact) mass is 549 g/mol. The first-order valence-corrected chi connectivity index (χ1v) is 13.6. The average Bonchev–Trinajstić information content (AvgIpc) is 3.11. The van der Waals surface area contributed by atoms with Gasteiger partial charge in [0, 0.05) is 6.42 Å². The molecule has 2 saturated heterocycles. The maximum atomic E-state index is 12.1. The van der Waals surface area contributed by atoms with E-state index in [4.69, 9.17) is 25.0 Å². The molecule has 0 amide bonds. The first-order chi connectivity index (χ1) is 15.6. The first-order valence-electron chi connectivity index (χ1n) is 9.10. The SMILES string of the molecule is Nc1nc2c(ncn2[C@@H]2O[C@@]3(COP(=O)(O)OP(=O)(O)OP(=O)(O)O)CCO[C@@H]2[C@@H]3O)c(=O)[nH]1. The van der Waals surface area contributed by atoms with E-state index in [1.165, 1.54) is 10.9 Å². The van der Waals surface area contributed by atoms with Crippen LogP contribution in [0.1, 0.15) is 12.6 Å². The van der Waals surface area contributed by atoms with Crippen molar-refractivity contribution in [2.75, 3.05) is 18.9 Å². The Morgan fingerprint density at radius 2 is 1.94 bits per heavy atom. The number of nitrogens with two attached hydrogens (primary N) is 1. The summed E-state index contributed by atoms with van der Waals surface area (Å²) in [7, 11) is -16.8. The number of nitrogens with zero attached hydrogens (tertiary/aromatic N) is 3. The quantitative estimate of drug-likeness (QED) is 0.184. The summed E-state index contributed by atoms with van der Waals surface area (Å²) in [5, 5.41) is 10.8. The van der Waals surface area contributed by atoms with Gasteiger partial charge >= 0.3 is 23.5 Å². The Morgan fingerprint density at radius 3 is 2.62 bits per heavy atom. The molecule has 0 spiro atoms. The van der Waals surface area contributed by atoms with E-state index in [0.717, 1.165) is 0 Å². The number of phosphoric acid groups is 3. The third-order valence-electron chi connectivity index (χ3n) is 4.93. The molecule has 4 heterocycles. The third kappa shape index (κ3) is 5.03. The number of hydrogen-bond acceptors (Lipinski definition) is 13. The van der Waals surface area contributed by atoms with Crippen LogP contribution in [0.4, 0.5) is 5.95 Å². The molecular weight excluding hydrogens is 531 g/mol. The summed E-state index contributed by atoms with van der Waals surface area (Å²) < 4.78 is 59.0. The molecule has 2 aliphatic heterocycles. The van der Waals surface area contributed by atoms with Crippen LogP contribution in [0.2, 0.25) is 0 Å². The standard InChI is InChI=1S/C12H18N5O14P3/c13-11-15-8-5(9(19)16-11)14-4-17(8)10-6-7(18)12(29-10,1-2-27-6)3-28-33(23,24)31-34(25,26)30-32(20,21)22/h4,6-7,10,18H,1-3H2,(H,23,24)(H,25,26)(H2,20,21,22)(H3,13,15,16,19)/t6-,7+,10-,12-/m1/s1. The van der Waals surface area contributed by atoms with Gasteiger partial charge in [0.2, 0.25) is 5.95 Å². The van der Waals surface area contributed by atoms with Crippen LogP contribution in [-0.2, 0) is 36.3 Å². The van der Waals surface area contributed by atoms with Gasteiger partial charge in [-0.05, 0) is 0 Å². The van der Waals surface area contributed by atoms with Crippen LogP contribution in [0.15, 0.2) is 11.1 Å². The number of aromatic amines is 1. The van der Waals surface area contributed by atoms with E-state index in [0.29, 0.717) is 0 Å². The topological polar surface area (TPSA) is 288 Å². The zero-order valence-electron chi connectivity index (χ0n) is 16.6. The number of anilines is 1. The number of H-pyrrole nitrogens is 1. The number of aliphatic hydroxyl groups is 1. The summed E-state index contributed by atoms with van der Waals surface area (Å²) in [4.78, 5) is 58.4. The third-order valence-corrected chi connectivity index (χ3v) is 8.72. The number of aliphatic hydroxyl groups excluding tert-OH is 1. The van der Waals surface area contributed by atoms with E-state index in [2.05, 4.69) is 28.1 Å². The minimum Gasteiger partial charge on any atom is -0.387 e. The predicted molar refractivity (Wildman–Crippen MR) is 106 cm³/mol. The smallest absolute Gasteiger partial charge is 0.387 e. The summed E-state index contributed by atoms with van der Waals surface area (Å²) in [5.41, 5.74) is 3.14. The molecule has 2 aromatic heterocycles. The van der Waals surface area contributed by atoms with Gasteiger partial charge in [-0.3, -0.25) is 18.9 Å². The largest absolute Gasteiger partial charge is 0.490 e. The summed E-state index contributed by atoms with van der Waals surface area (Å²) in [5.74, 6) is -0.218. The fourth-order valence-corrected chi connectivity index (χ4v) is 6.69. The van der Waals surface area contributed by atoms with Gasteiger partial charge in [0.1, 0.15) is 17.8 Å². The molecule has 2 bridgehead atoms. The Labute approximate surface area is 187 Å². The maximum Gasteiger partial charge on any atom is 0.490 e. The van der Waals surface area contributed by atoms with Crippen LogP contribution in [0.5, 0.6) is 0 Å². The van der Waals surface area contributed by atoms with E-state index >= 15 is 0 Å². The highest BCUT2D eigenvalue weighted by Crippen LogP contribution is 2.66. The normalized spacial score (nSPS) is 30.8. The highest BCUT2D eigenvalue weighted by Gasteiger charge is 2.60. The molecule has 190 valence electrons. The molecule has 0 aromatic carbocycles. The first kappa shape index (κ1) is 25.5. The molecule has 2 aromatic rings. The van der Waals surface area contributed by atoms with Crippen molar-refractivity contribution in [2.24, 2.45) is 0 Å². The lowest BCUT2D eigenvalue weighted by molar-refractivity contribution is -0.141. The van der Waals surface area contributed by atoms with Crippen molar-refractivity contribution in [3.8, 4) is 0 Å². The highest BCUT2D eigenvalue weighted by atomic mass is 31.3. The average molecular weight is 549 g/mol. The maximum absolute atomic E-state index is 12.1. The fraction of sp³-hybridized carbons (Fsp3) is 0.583. The van der Waals surface area contributed by atoms with Crippen LogP contribution < -0.4 is 11.3 Å². The van der Waals surface area contributed by atoms with Gasteiger partial charge in [0.05, 0.1) is 19.5 Å². The van der Waals surface area contributed by atoms with Gasteiger partial charge in [0.15, 0.2) is 17.4 Å². The number of rotatable bonds is 8. The lowest BCUT2D eigenvalue weighted by atomic mass is 9.90. The second-order valence-electron chi connectivity index (χ2n) is 7.24. The Kier molecular flexibility index (Phi) is 6.41. The van der Waals surface area contributed by atoms with Crippen LogP contribution in [0.3, 0.4) is 0 Å². The fourth-order valence-electron chi connectivity index (χ4n) is 3.61. The Balaban J connectivity index is 1.56. The molecular formula is C12H18N5O14P3. The number of nitrogens with one attached hydrogen (secondary N) is 1. The summed E-state index contributed by atoms with van der Waals surface area (Å²) in [6.45, 7) is -0.905. The zero-order valence-corrected chi connectivity index (χ0v) is 19.3. The molecule has 2 unspecified atom stereocenters. The van der Waals surface area contributed by atoms with Gasteiger partial charge in [0.25, 0.3) is 5.56 Å². The van der Waals surface area contributed by atoms with Crippen LogP contribution in [0.25, 0.3) is 11.2 Å². The molecule has 6 atom stereocenters. The zero-order chi connectivity index (χ0) is 25.1. The van der Waals surface area contributed by atoms with Crippen molar-refractivity contribution >= 4 is 40.6 Å². The van der Waals surface area contributed by atoms with E-state index < -0.39 is 59.7 Å². The molecule has 19 nitrogen and oxygen atoms in total. The summed E-state index contributed by atoms with van der Waals surface area (Å²) in [6.07, 6.45) is -2.61. The highest BCUT2D eigenvalue weighted by molar-refractivity contribution is 7.66. The number of imidazole rings is 1. The second kappa shape index (κ2) is 8.53. The predicted octanol–water partition coefficient (Wildman–Crippen LogP) is -1.54. The number of nitrogen functional groups attached to an aromatic ring is 1. The Hall–Kier alpha value is -1.56. The van der Waals surface area contributed by atoms with E-state index in [1.807, 2.05) is 0 Å². The Morgan fingerprint density at radius 1 is 1.24 bits per heavy atom. The summed E-state index contributed by atoms with van der Waals surface area (Å²) in [6, 6.07) is 0. The van der Waals surface area contributed by atoms with Gasteiger partial charge in [-0.1, -0.05) is 0 Å². The molecule has 22 heteroatoms. The number of aromatic nitrogens is 4. The van der Waals surface area contributed by atoms with Crippen LogP contribution >= 0.6 is 23.5 Å². The number of fused-ring (bicyclic) bond motifs is 3. The molecule has 2 aliphatic rings. The van der Waals surface area contributed by atoms with Crippen LogP contribution in [-0.4, -0.2) is 75.2 Å². The molecule has 8 N–H and O–H groups in total. The van der Waals surface area contributed by atoms with Gasteiger partial charge < -0.3 is 39.9 Å². The molecule has 4 rings (SSSR count). The molecule has 0 radical (unpaired) electrons. The minimum absolute atomic E-state index is 0.00219. The number of hydrogen-bond donors (Lipinski definition) is 7. The number of phosphoric ester groups is 1. The van der Waals surface area contributed by atoms with E-state index in [9.17, 15) is 33.4 Å². The van der Waals surface area contributed by atoms with E-state index in [-0.39, 0.29) is 30.1 Å². The van der Waals surface area contributed by atoms with Gasteiger partial charge in [-0.2, -0.15) is 13.6 Å². The van der Waals surface area contributed by atoms with Crippen molar-refractivity contribution in [3.05, 3.63) is 16.7 Å². The lowest BCUT2D eigenvalue weighted by Crippen LogP contribution is -2.51.